The monoisotopic (exact) mass is 483 g/mol. The van der Waals surface area contributed by atoms with Crippen LogP contribution in [0.3, 0.4) is 0 Å². The molecule has 2 aliphatic rings. The Morgan fingerprint density at radius 3 is 1.72 bits per heavy atom. The summed E-state index contributed by atoms with van der Waals surface area (Å²) >= 11 is 3.22. The zero-order chi connectivity index (χ0) is 16.8. The van der Waals surface area contributed by atoms with Crippen LogP contribution in [-0.2, 0) is 0 Å². The number of rotatable bonds is 0. The molecule has 5 heteroatoms. The molecule has 4 nitrogen and oxygen atoms in total. The van der Waals surface area contributed by atoms with Crippen LogP contribution in [0, 0.1) is 44.6 Å². The van der Waals surface area contributed by atoms with Gasteiger partial charge in [0.05, 0.1) is 0 Å². The Bertz CT molecular complexity index is 1210. The molecule has 0 saturated heterocycles. The molecule has 0 radical (unpaired) electrons. The predicted octanol–water partition coefficient (Wildman–Crippen LogP) is 3.83. The van der Waals surface area contributed by atoms with Crippen LogP contribution >= 0.6 is 0 Å². The molecule has 0 aliphatic carbocycles. The summed E-state index contributed by atoms with van der Waals surface area (Å²) in [5.74, 6) is 0. The minimum atomic E-state index is 0.924. The van der Waals surface area contributed by atoms with Crippen LogP contribution < -0.4 is 0.322 Å². The van der Waals surface area contributed by atoms with Gasteiger partial charge < -0.3 is 0 Å². The van der Waals surface area contributed by atoms with E-state index < -0.39 is 0 Å². The molecule has 5 rings (SSSR count). The molecule has 0 spiro atoms. The molecule has 25 heavy (non-hydrogen) atoms. The summed E-state index contributed by atoms with van der Waals surface area (Å²) in [7, 11) is 0. The van der Waals surface area contributed by atoms with Crippen LogP contribution in [0.15, 0.2) is 42.5 Å². The van der Waals surface area contributed by atoms with E-state index >= 15 is 0 Å². The second-order valence-electron chi connectivity index (χ2n) is 5.96. The Balaban J connectivity index is 1.87. The van der Waals surface area contributed by atoms with Crippen LogP contribution in [0.2, 0.25) is 0 Å². The predicted molar refractivity (Wildman–Crippen MR) is 98.5 cm³/mol. The van der Waals surface area contributed by atoms with Crippen molar-refractivity contribution >= 4 is 46.7 Å². The zero-order valence-corrected chi connectivity index (χ0v) is 14.7. The van der Waals surface area contributed by atoms with Crippen LogP contribution in [0.25, 0.3) is 46.4 Å². The van der Waals surface area contributed by atoms with Gasteiger partial charge in [0.2, 0.25) is 0 Å². The molecular weight excluding hydrogens is 469 g/mol. The van der Waals surface area contributed by atoms with Crippen molar-refractivity contribution in [3.63, 3.8) is 0 Å². The normalized spacial score (nSPS) is 12.7. The van der Waals surface area contributed by atoms with Crippen molar-refractivity contribution in [3.05, 3.63) is 65.2 Å². The molecule has 3 aromatic heterocycles. The topological polar surface area (TPSA) is 57.4 Å². The van der Waals surface area contributed by atoms with Crippen LogP contribution in [-0.4, -0.2) is 19.9 Å². The van der Waals surface area contributed by atoms with E-state index in [1.807, 2.05) is 60.7 Å². The summed E-state index contributed by atoms with van der Waals surface area (Å²) < 4.78 is 1.05. The Morgan fingerprint density at radius 1 is 0.600 bits per heavy atom. The average molecular weight is 482 g/mol. The van der Waals surface area contributed by atoms with E-state index in [1.54, 1.807) is 0 Å². The first-order valence-electron chi connectivity index (χ1n) is 7.90. The van der Waals surface area contributed by atoms with E-state index in [9.17, 15) is 0 Å². The molecule has 0 aromatic carbocycles. The average Bonchev–Trinajstić information content (AvgIpc) is 3.33. The number of aromatic amines is 2. The van der Waals surface area contributed by atoms with Crippen LogP contribution in [0.4, 0.5) is 0 Å². The molecule has 0 amide bonds. The molecule has 0 atom stereocenters. The summed E-state index contributed by atoms with van der Waals surface area (Å²) in [5.41, 5.74) is 7.77. The Morgan fingerprint density at radius 2 is 1.12 bits per heavy atom. The van der Waals surface area contributed by atoms with E-state index in [4.69, 9.17) is 0 Å². The fraction of sp³-hybridized carbons (Fsp3) is 0. The third-order valence-electron chi connectivity index (χ3n) is 4.07. The Labute approximate surface area is 175 Å². The summed E-state index contributed by atoms with van der Waals surface area (Å²) in [4.78, 5) is 16.1. The van der Waals surface area contributed by atoms with Crippen LogP contribution in [0.1, 0.15) is 22.8 Å². The fourth-order valence-corrected chi connectivity index (χ4v) is 3.45. The SMILES string of the molecule is [Yb][c]1cc2cc3nc(cc4ccc(cc5nc(cc1[nH]2)C=C5)[nH]4)C=C3. The summed E-state index contributed by atoms with van der Waals surface area (Å²) in [6.07, 6.45) is 8.08. The van der Waals surface area contributed by atoms with Crippen molar-refractivity contribution in [3.8, 4) is 0 Å². The maximum atomic E-state index is 4.66. The summed E-state index contributed by atoms with van der Waals surface area (Å²) in [6, 6.07) is 14.3. The van der Waals surface area contributed by atoms with Crippen LogP contribution in [0.5, 0.6) is 0 Å². The standard InChI is InChI=1S/C20H13N4.Yb/c1-2-14-10-16-5-6-18(23-16)12-20-8-7-19(24-20)11-17-4-3-15(22-17)9-13(1)21-14;/h1-7,9-12,21,24H;. The van der Waals surface area contributed by atoms with E-state index in [1.165, 1.54) is 0 Å². The van der Waals surface area contributed by atoms with Gasteiger partial charge in [-0.3, -0.25) is 0 Å². The second kappa shape index (κ2) is 6.13. The third kappa shape index (κ3) is 3.17. The number of hydrogen-bond acceptors (Lipinski definition) is 2. The Hall–Kier alpha value is -1.88. The third-order valence-corrected chi connectivity index (χ3v) is 4.78. The zero-order valence-electron chi connectivity index (χ0n) is 13.0. The van der Waals surface area contributed by atoms with Gasteiger partial charge in [0, 0.05) is 0 Å². The van der Waals surface area contributed by atoms with E-state index in [0.29, 0.717) is 0 Å². The van der Waals surface area contributed by atoms with Gasteiger partial charge in [-0.15, -0.1) is 0 Å². The first-order chi connectivity index (χ1) is 12.2. The van der Waals surface area contributed by atoms with Gasteiger partial charge in [-0.2, -0.15) is 0 Å². The van der Waals surface area contributed by atoms with Gasteiger partial charge >= 0.3 is 177 Å². The van der Waals surface area contributed by atoms with Gasteiger partial charge in [-0.25, -0.2) is 0 Å². The van der Waals surface area contributed by atoms with Crippen molar-refractivity contribution in [1.29, 1.82) is 0 Å². The van der Waals surface area contributed by atoms with Gasteiger partial charge in [0.25, 0.3) is 0 Å². The first kappa shape index (κ1) is 15.4. The molecular formula is C20H13N4Yb. The minimum absolute atomic E-state index is 0.924. The van der Waals surface area contributed by atoms with E-state index in [-0.39, 0.29) is 0 Å². The van der Waals surface area contributed by atoms with Gasteiger partial charge in [0.15, 0.2) is 0 Å². The van der Waals surface area contributed by atoms with E-state index in [2.05, 4.69) is 70.6 Å². The van der Waals surface area contributed by atoms with Crippen molar-refractivity contribution in [1.82, 2.24) is 19.9 Å². The van der Waals surface area contributed by atoms with Crippen molar-refractivity contribution in [2.24, 2.45) is 0 Å². The fourth-order valence-electron chi connectivity index (χ4n) is 2.95. The molecule has 127 valence electrons. The summed E-state index contributed by atoms with van der Waals surface area (Å²) in [6.45, 7) is 0. The van der Waals surface area contributed by atoms with E-state index in [0.717, 1.165) is 45.2 Å². The maximum absolute atomic E-state index is 4.66. The Kier molecular flexibility index (Phi) is 3.77. The molecule has 5 heterocycles. The molecule has 2 aliphatic heterocycles. The van der Waals surface area contributed by atoms with Crippen molar-refractivity contribution < 1.29 is 44.6 Å². The first-order valence-corrected chi connectivity index (χ1v) is 8.75. The number of nitrogens with one attached hydrogen (secondary N) is 2. The van der Waals surface area contributed by atoms with Gasteiger partial charge in [-0.05, 0) is 0 Å². The summed E-state index contributed by atoms with van der Waals surface area (Å²) in [5, 5.41) is 0. The van der Waals surface area contributed by atoms with Gasteiger partial charge in [0.1, 0.15) is 0 Å². The molecule has 0 saturated carbocycles. The molecule has 8 bridgehead atoms. The molecule has 0 unspecified atom stereocenters. The second-order valence-corrected chi connectivity index (χ2v) is 6.89. The molecule has 0 fully saturated rings. The number of hydrogen-bond donors (Lipinski definition) is 2. The number of nitrogens with zero attached hydrogens (tertiary/aromatic N) is 2. The number of H-pyrrole nitrogens is 2. The quantitative estimate of drug-likeness (QED) is 0.353. The van der Waals surface area contributed by atoms with Crippen molar-refractivity contribution in [2.75, 3.05) is 0 Å². The number of aromatic nitrogens is 4. The van der Waals surface area contributed by atoms with Crippen molar-refractivity contribution in [2.45, 2.75) is 0 Å². The van der Waals surface area contributed by atoms with Gasteiger partial charge in [-0.1, -0.05) is 0 Å². The molecule has 3 aromatic rings. The number of fused-ring (bicyclic) bond motifs is 8. The molecule has 2 N–H and O–H groups in total.